The fraction of sp³-hybridized carbons (Fsp3) is 0.444. The Kier molecular flexibility index (Phi) is 4.89. The van der Waals surface area contributed by atoms with Crippen molar-refractivity contribution >= 4 is 23.7 Å². The minimum atomic E-state index is -1.04. The first-order valence-electron chi connectivity index (χ1n) is 4.53. The van der Waals surface area contributed by atoms with Gasteiger partial charge in [0.25, 0.3) is 0 Å². The van der Waals surface area contributed by atoms with Gasteiger partial charge >= 0.3 is 5.97 Å². The lowest BCUT2D eigenvalue weighted by Gasteiger charge is -2.03. The van der Waals surface area contributed by atoms with Gasteiger partial charge in [-0.15, -0.1) is 0 Å². The van der Waals surface area contributed by atoms with Crippen LogP contribution < -0.4 is 5.32 Å². The summed E-state index contributed by atoms with van der Waals surface area (Å²) in [5.74, 6) is 0.395. The number of thioether (sulfide) groups is 1. The van der Waals surface area contributed by atoms with Gasteiger partial charge in [-0.25, -0.2) is 14.8 Å². The molecule has 1 heterocycles. The fourth-order valence-electron chi connectivity index (χ4n) is 0.980. The average Bonchev–Trinajstić information content (AvgIpc) is 2.25. The van der Waals surface area contributed by atoms with E-state index in [9.17, 15) is 4.79 Å². The van der Waals surface area contributed by atoms with Crippen LogP contribution in [-0.4, -0.2) is 39.6 Å². The molecule has 0 bridgehead atoms. The highest BCUT2D eigenvalue weighted by molar-refractivity contribution is 7.98. The lowest BCUT2D eigenvalue weighted by Crippen LogP contribution is -2.09. The topological polar surface area (TPSA) is 75.1 Å². The number of carboxylic acid groups (broad SMARTS) is 1. The van der Waals surface area contributed by atoms with Crippen LogP contribution in [-0.2, 0) is 0 Å². The third kappa shape index (κ3) is 4.16. The number of anilines is 1. The summed E-state index contributed by atoms with van der Waals surface area (Å²) < 4.78 is 0. The van der Waals surface area contributed by atoms with Crippen LogP contribution >= 0.6 is 11.8 Å². The molecule has 5 nitrogen and oxygen atoms in total. The number of rotatable bonds is 6. The first-order valence-corrected chi connectivity index (χ1v) is 5.92. The Morgan fingerprint density at radius 3 is 3.13 bits per heavy atom. The van der Waals surface area contributed by atoms with Gasteiger partial charge in [-0.1, -0.05) is 0 Å². The smallest absolute Gasteiger partial charge is 0.354 e. The van der Waals surface area contributed by atoms with Crippen LogP contribution in [0.3, 0.4) is 0 Å². The maximum absolute atomic E-state index is 10.6. The van der Waals surface area contributed by atoms with E-state index in [1.165, 1.54) is 12.3 Å². The van der Waals surface area contributed by atoms with Crippen LogP contribution in [0.4, 0.5) is 5.95 Å². The SMILES string of the molecule is CSCCCNc1nccc(C(=O)O)n1. The molecular weight excluding hydrogens is 214 g/mol. The summed E-state index contributed by atoms with van der Waals surface area (Å²) in [6.45, 7) is 0.754. The van der Waals surface area contributed by atoms with E-state index in [0.29, 0.717) is 5.95 Å². The van der Waals surface area contributed by atoms with Gasteiger partial charge in [0.2, 0.25) is 5.95 Å². The largest absolute Gasteiger partial charge is 0.477 e. The Labute approximate surface area is 92.3 Å². The lowest BCUT2D eigenvalue weighted by molar-refractivity contribution is 0.0690. The summed E-state index contributed by atoms with van der Waals surface area (Å²) in [6.07, 6.45) is 4.48. The molecular formula is C9H13N3O2S. The third-order valence-electron chi connectivity index (χ3n) is 1.68. The molecule has 0 aliphatic carbocycles. The van der Waals surface area contributed by atoms with Crippen molar-refractivity contribution in [2.24, 2.45) is 0 Å². The quantitative estimate of drug-likeness (QED) is 0.714. The van der Waals surface area contributed by atoms with Gasteiger partial charge in [0.15, 0.2) is 5.69 Å². The van der Waals surface area contributed by atoms with Crippen molar-refractivity contribution in [1.29, 1.82) is 0 Å². The summed E-state index contributed by atoms with van der Waals surface area (Å²) in [5, 5.41) is 11.7. The zero-order valence-corrected chi connectivity index (χ0v) is 9.25. The van der Waals surface area contributed by atoms with Crippen LogP contribution in [0.2, 0.25) is 0 Å². The second-order valence-corrected chi connectivity index (χ2v) is 3.83. The molecule has 0 aliphatic heterocycles. The average molecular weight is 227 g/mol. The van der Waals surface area contributed by atoms with Gasteiger partial charge in [-0.2, -0.15) is 11.8 Å². The Hall–Kier alpha value is -1.30. The van der Waals surface area contributed by atoms with Gasteiger partial charge in [-0.3, -0.25) is 0 Å². The van der Waals surface area contributed by atoms with Crippen molar-refractivity contribution in [2.75, 3.05) is 23.9 Å². The first-order chi connectivity index (χ1) is 7.24. The van der Waals surface area contributed by atoms with Gasteiger partial charge in [0.05, 0.1) is 0 Å². The van der Waals surface area contributed by atoms with E-state index in [0.717, 1.165) is 18.7 Å². The van der Waals surface area contributed by atoms with Gasteiger partial charge in [0, 0.05) is 12.7 Å². The van der Waals surface area contributed by atoms with Crippen molar-refractivity contribution < 1.29 is 9.90 Å². The number of aromatic carboxylic acids is 1. The molecule has 0 atom stereocenters. The van der Waals surface area contributed by atoms with Crippen molar-refractivity contribution in [3.63, 3.8) is 0 Å². The zero-order chi connectivity index (χ0) is 11.1. The molecule has 0 spiro atoms. The Bertz CT molecular complexity index is 333. The number of hydrogen-bond acceptors (Lipinski definition) is 5. The molecule has 0 fully saturated rings. The van der Waals surface area contributed by atoms with Crippen LogP contribution in [0, 0.1) is 0 Å². The standard InChI is InChI=1S/C9H13N3O2S/c1-15-6-2-4-10-9-11-5-3-7(12-9)8(13)14/h3,5H,2,4,6H2,1H3,(H,13,14)(H,10,11,12). The molecule has 1 rings (SSSR count). The second-order valence-electron chi connectivity index (χ2n) is 2.84. The minimum Gasteiger partial charge on any atom is -0.477 e. The molecule has 2 N–H and O–H groups in total. The van der Waals surface area contributed by atoms with E-state index in [1.807, 2.05) is 6.26 Å². The minimum absolute atomic E-state index is 0.0115. The van der Waals surface area contributed by atoms with Crippen LogP contribution in [0.15, 0.2) is 12.3 Å². The highest BCUT2D eigenvalue weighted by Gasteiger charge is 2.05. The second kappa shape index (κ2) is 6.23. The van der Waals surface area contributed by atoms with E-state index in [4.69, 9.17) is 5.11 Å². The molecule has 0 aromatic carbocycles. The van der Waals surface area contributed by atoms with Crippen molar-refractivity contribution in [3.8, 4) is 0 Å². The lowest BCUT2D eigenvalue weighted by atomic mass is 10.4. The van der Waals surface area contributed by atoms with Crippen LogP contribution in [0.1, 0.15) is 16.9 Å². The predicted molar refractivity (Wildman–Crippen MR) is 60.5 cm³/mol. The normalized spacial score (nSPS) is 9.93. The van der Waals surface area contributed by atoms with Gasteiger partial charge in [0.1, 0.15) is 0 Å². The predicted octanol–water partition coefficient (Wildman–Crippen LogP) is 1.34. The van der Waals surface area contributed by atoms with Crippen molar-refractivity contribution in [1.82, 2.24) is 9.97 Å². The molecule has 15 heavy (non-hydrogen) atoms. The molecule has 6 heteroatoms. The molecule has 0 saturated carbocycles. The summed E-state index contributed by atoms with van der Waals surface area (Å²) in [4.78, 5) is 18.4. The number of carboxylic acids is 1. The van der Waals surface area contributed by atoms with Gasteiger partial charge < -0.3 is 10.4 Å². The highest BCUT2D eigenvalue weighted by atomic mass is 32.2. The van der Waals surface area contributed by atoms with Crippen molar-refractivity contribution in [3.05, 3.63) is 18.0 Å². The molecule has 1 aromatic rings. The summed E-state index contributed by atoms with van der Waals surface area (Å²) in [6, 6.07) is 1.37. The fourth-order valence-corrected chi connectivity index (χ4v) is 1.41. The molecule has 0 radical (unpaired) electrons. The number of aromatic nitrogens is 2. The Balaban J connectivity index is 2.47. The number of carbonyl (C=O) groups is 1. The molecule has 0 unspecified atom stereocenters. The van der Waals surface area contributed by atoms with E-state index in [2.05, 4.69) is 15.3 Å². The van der Waals surface area contributed by atoms with E-state index in [1.54, 1.807) is 11.8 Å². The van der Waals surface area contributed by atoms with E-state index in [-0.39, 0.29) is 5.69 Å². The third-order valence-corrected chi connectivity index (χ3v) is 2.38. The maximum atomic E-state index is 10.6. The monoisotopic (exact) mass is 227 g/mol. The maximum Gasteiger partial charge on any atom is 0.354 e. The molecule has 0 saturated heterocycles. The number of nitrogens with zero attached hydrogens (tertiary/aromatic N) is 2. The van der Waals surface area contributed by atoms with Crippen LogP contribution in [0.25, 0.3) is 0 Å². The van der Waals surface area contributed by atoms with Crippen molar-refractivity contribution in [2.45, 2.75) is 6.42 Å². The highest BCUT2D eigenvalue weighted by Crippen LogP contribution is 2.01. The number of nitrogens with one attached hydrogen (secondary N) is 1. The first kappa shape index (κ1) is 11.8. The Morgan fingerprint density at radius 2 is 2.47 bits per heavy atom. The van der Waals surface area contributed by atoms with Gasteiger partial charge in [-0.05, 0) is 24.5 Å². The Morgan fingerprint density at radius 1 is 1.67 bits per heavy atom. The van der Waals surface area contributed by atoms with E-state index < -0.39 is 5.97 Å². The molecule has 0 aliphatic rings. The number of hydrogen-bond donors (Lipinski definition) is 2. The summed E-state index contributed by atoms with van der Waals surface area (Å²) >= 11 is 1.77. The van der Waals surface area contributed by atoms with Crippen LogP contribution in [0.5, 0.6) is 0 Å². The molecule has 82 valence electrons. The molecule has 1 aromatic heterocycles. The summed E-state index contributed by atoms with van der Waals surface area (Å²) in [5.41, 5.74) is 0.0115. The summed E-state index contributed by atoms with van der Waals surface area (Å²) in [7, 11) is 0. The zero-order valence-electron chi connectivity index (χ0n) is 8.43. The van der Waals surface area contributed by atoms with E-state index >= 15 is 0 Å². The molecule has 0 amide bonds.